The molecule has 1 aliphatic carbocycles. The molecule has 0 unspecified atom stereocenters. The first-order chi connectivity index (χ1) is 21.5. The fourth-order valence-electron chi connectivity index (χ4n) is 6.62. The fourth-order valence-corrected chi connectivity index (χ4v) is 8.90. The number of hydrogen-bond acceptors (Lipinski definition) is 9. The van der Waals surface area contributed by atoms with Crippen LogP contribution in [0, 0.1) is 18.8 Å². The highest BCUT2D eigenvalue weighted by molar-refractivity contribution is 7.92. The number of aryl methyl sites for hydroxylation is 2. The number of sulfone groups is 1. The summed E-state index contributed by atoms with van der Waals surface area (Å²) in [6.07, 6.45) is 7.37. The number of sulfonamides is 1. The van der Waals surface area contributed by atoms with Crippen LogP contribution in [0.25, 0.3) is 33.2 Å². The van der Waals surface area contributed by atoms with Crippen molar-refractivity contribution in [3.8, 4) is 11.3 Å². The number of aromatic nitrogens is 6. The van der Waals surface area contributed by atoms with Crippen LogP contribution in [-0.2, 0) is 31.6 Å². The summed E-state index contributed by atoms with van der Waals surface area (Å²) in [7, 11) is -5.77. The van der Waals surface area contributed by atoms with Crippen LogP contribution in [0.4, 0.5) is 5.82 Å². The SMILES string of the molecule is Cc1nnn(C)c1-c1cnc2c3c(NS(=O)(=O)CC4CC4)ncc(S(C)(=O)=O)c3n([C@H](c3ccccc3)C3CCOCC3)c2c1. The van der Waals surface area contributed by atoms with Gasteiger partial charge in [0, 0.05) is 38.3 Å². The molecule has 1 saturated carbocycles. The number of anilines is 1. The van der Waals surface area contributed by atoms with Crippen LogP contribution in [0.3, 0.4) is 0 Å². The van der Waals surface area contributed by atoms with Crippen LogP contribution in [0.5, 0.6) is 0 Å². The fraction of sp³-hybridized carbons (Fsp3) is 0.419. The van der Waals surface area contributed by atoms with Gasteiger partial charge in [0.15, 0.2) is 15.7 Å². The van der Waals surface area contributed by atoms with Crippen LogP contribution in [0.1, 0.15) is 43.0 Å². The lowest BCUT2D eigenvalue weighted by molar-refractivity contribution is 0.0552. The van der Waals surface area contributed by atoms with E-state index in [1.54, 1.807) is 10.9 Å². The van der Waals surface area contributed by atoms with Gasteiger partial charge in [-0.2, -0.15) is 0 Å². The second kappa shape index (κ2) is 11.2. The Hall–Kier alpha value is -3.88. The molecule has 12 nitrogen and oxygen atoms in total. The van der Waals surface area contributed by atoms with Gasteiger partial charge in [0.05, 0.1) is 51.3 Å². The lowest BCUT2D eigenvalue weighted by Gasteiger charge is -2.33. The number of fused-ring (bicyclic) bond motifs is 3. The molecule has 1 atom stereocenters. The smallest absolute Gasteiger partial charge is 0.234 e. The van der Waals surface area contributed by atoms with Crippen molar-refractivity contribution in [1.82, 2.24) is 29.5 Å². The standard InChI is InChI=1S/C31H35N7O5S2/c1-19-28(37(2)36-34-19)23-15-24-27(32-16-23)26-30(38(24)29(21-7-5-4-6-8-21)22-11-13-43-14-12-22)25(44(3,39)40)17-33-31(26)35-45(41,42)18-20-9-10-20/h4-8,15-17,20,22,29H,9-14,18H2,1-3H3,(H,33,35)/t29-/m1/s1. The largest absolute Gasteiger partial charge is 0.381 e. The van der Waals surface area contributed by atoms with E-state index in [-0.39, 0.29) is 34.3 Å². The van der Waals surface area contributed by atoms with E-state index in [1.807, 2.05) is 54.9 Å². The van der Waals surface area contributed by atoms with Crippen molar-refractivity contribution >= 4 is 47.6 Å². The van der Waals surface area contributed by atoms with E-state index >= 15 is 0 Å². The molecule has 45 heavy (non-hydrogen) atoms. The summed E-state index contributed by atoms with van der Waals surface area (Å²) in [5.41, 5.74) is 4.73. The molecule has 236 valence electrons. The Kier molecular flexibility index (Phi) is 7.40. The van der Waals surface area contributed by atoms with Gasteiger partial charge in [-0.1, -0.05) is 35.5 Å². The van der Waals surface area contributed by atoms with Crippen molar-refractivity contribution in [1.29, 1.82) is 0 Å². The number of benzene rings is 1. The molecule has 5 aromatic rings. The van der Waals surface area contributed by atoms with E-state index < -0.39 is 19.9 Å². The van der Waals surface area contributed by atoms with Gasteiger partial charge in [-0.05, 0) is 56.1 Å². The summed E-state index contributed by atoms with van der Waals surface area (Å²) in [6.45, 7) is 3.04. The maximum atomic E-state index is 13.5. The maximum absolute atomic E-state index is 13.5. The summed E-state index contributed by atoms with van der Waals surface area (Å²) < 4.78 is 65.6. The molecular formula is C31H35N7O5S2. The Morgan fingerprint density at radius 3 is 2.40 bits per heavy atom. The maximum Gasteiger partial charge on any atom is 0.234 e. The zero-order valence-corrected chi connectivity index (χ0v) is 27.0. The highest BCUT2D eigenvalue weighted by Gasteiger charge is 2.35. The second-order valence-corrected chi connectivity index (χ2v) is 16.0. The Bertz CT molecular complexity index is 2110. The molecular weight excluding hydrogens is 615 g/mol. The minimum Gasteiger partial charge on any atom is -0.381 e. The molecule has 1 saturated heterocycles. The minimum atomic E-state index is -3.82. The predicted octanol–water partition coefficient (Wildman–Crippen LogP) is 4.26. The average molecular weight is 650 g/mol. The minimum absolute atomic E-state index is 0.00793. The van der Waals surface area contributed by atoms with Crippen molar-refractivity contribution in [3.05, 3.63) is 60.0 Å². The Labute approximate surface area is 261 Å². The van der Waals surface area contributed by atoms with Gasteiger partial charge in [-0.15, -0.1) is 5.10 Å². The number of nitrogens with zero attached hydrogens (tertiary/aromatic N) is 6. The van der Waals surface area contributed by atoms with E-state index in [1.165, 1.54) is 6.20 Å². The first-order valence-corrected chi connectivity index (χ1v) is 18.6. The number of hydrogen-bond donors (Lipinski definition) is 1. The number of nitrogens with one attached hydrogen (secondary N) is 1. The zero-order chi connectivity index (χ0) is 31.5. The summed E-state index contributed by atoms with van der Waals surface area (Å²) in [5.74, 6) is 0.266. The van der Waals surface area contributed by atoms with Gasteiger partial charge < -0.3 is 9.30 Å². The molecule has 1 N–H and O–H groups in total. The Morgan fingerprint density at radius 2 is 1.76 bits per heavy atom. The number of rotatable bonds is 9. The average Bonchev–Trinajstić information content (AvgIpc) is 3.66. The van der Waals surface area contributed by atoms with Gasteiger partial charge in [-0.3, -0.25) is 9.71 Å². The molecule has 4 aromatic heterocycles. The van der Waals surface area contributed by atoms with E-state index in [9.17, 15) is 16.8 Å². The molecule has 7 rings (SSSR count). The zero-order valence-electron chi connectivity index (χ0n) is 25.3. The highest BCUT2D eigenvalue weighted by atomic mass is 32.2. The highest BCUT2D eigenvalue weighted by Crippen LogP contribution is 2.44. The predicted molar refractivity (Wildman–Crippen MR) is 171 cm³/mol. The topological polar surface area (TPSA) is 151 Å². The molecule has 1 aromatic carbocycles. The van der Waals surface area contributed by atoms with Crippen LogP contribution in [-0.4, -0.2) is 71.6 Å². The molecule has 2 aliphatic rings. The molecule has 5 heterocycles. The third-order valence-electron chi connectivity index (χ3n) is 8.83. The number of pyridine rings is 2. The molecule has 0 amide bonds. The molecule has 14 heteroatoms. The van der Waals surface area contributed by atoms with Crippen molar-refractivity contribution in [2.24, 2.45) is 18.9 Å². The normalized spacial score (nSPS) is 17.2. The van der Waals surface area contributed by atoms with Gasteiger partial charge in [0.25, 0.3) is 0 Å². The second-order valence-electron chi connectivity index (χ2n) is 12.2. The third-order valence-corrected chi connectivity index (χ3v) is 11.3. The van der Waals surface area contributed by atoms with E-state index in [4.69, 9.17) is 9.72 Å². The van der Waals surface area contributed by atoms with Crippen molar-refractivity contribution in [2.45, 2.75) is 43.5 Å². The summed E-state index contributed by atoms with van der Waals surface area (Å²) in [6, 6.07) is 11.7. The van der Waals surface area contributed by atoms with E-state index in [0.717, 1.165) is 54.5 Å². The van der Waals surface area contributed by atoms with Gasteiger partial charge in [0.2, 0.25) is 10.0 Å². The van der Waals surface area contributed by atoms with Gasteiger partial charge >= 0.3 is 0 Å². The lowest BCUT2D eigenvalue weighted by Crippen LogP contribution is -2.27. The lowest BCUT2D eigenvalue weighted by atomic mass is 9.86. The quantitative estimate of drug-likeness (QED) is 0.247. The molecule has 0 bridgehead atoms. The summed E-state index contributed by atoms with van der Waals surface area (Å²) >= 11 is 0. The first-order valence-electron chi connectivity index (χ1n) is 15.0. The van der Waals surface area contributed by atoms with Crippen molar-refractivity contribution in [3.63, 3.8) is 0 Å². The summed E-state index contributed by atoms with van der Waals surface area (Å²) in [4.78, 5) is 9.33. The van der Waals surface area contributed by atoms with Crippen molar-refractivity contribution < 1.29 is 21.6 Å². The number of ether oxygens (including phenoxy) is 1. The van der Waals surface area contributed by atoms with Gasteiger partial charge in [-0.25, -0.2) is 26.5 Å². The van der Waals surface area contributed by atoms with E-state index in [2.05, 4.69) is 20.0 Å². The van der Waals surface area contributed by atoms with Crippen LogP contribution < -0.4 is 4.72 Å². The third kappa shape index (κ3) is 5.59. The van der Waals surface area contributed by atoms with Crippen LogP contribution in [0.15, 0.2) is 53.7 Å². The molecule has 0 radical (unpaired) electrons. The Balaban J connectivity index is 1.60. The Morgan fingerprint density at radius 1 is 1.02 bits per heavy atom. The molecule has 1 aliphatic heterocycles. The molecule has 2 fully saturated rings. The monoisotopic (exact) mass is 649 g/mol. The van der Waals surface area contributed by atoms with E-state index in [0.29, 0.717) is 35.2 Å². The van der Waals surface area contributed by atoms with Gasteiger partial charge in [0.1, 0.15) is 4.90 Å². The molecule has 0 spiro atoms. The van der Waals surface area contributed by atoms with Crippen LogP contribution >= 0.6 is 0 Å². The summed E-state index contributed by atoms with van der Waals surface area (Å²) in [5, 5.41) is 8.75. The van der Waals surface area contributed by atoms with Crippen LogP contribution in [0.2, 0.25) is 0 Å². The van der Waals surface area contributed by atoms with Crippen molar-refractivity contribution in [2.75, 3.05) is 29.9 Å². The first kappa shape index (κ1) is 29.8.